The zero-order chi connectivity index (χ0) is 21.1. The zero-order valence-corrected chi connectivity index (χ0v) is 16.0. The fourth-order valence-corrected chi connectivity index (χ4v) is 3.34. The van der Waals surface area contributed by atoms with Gasteiger partial charge in [-0.2, -0.15) is 5.26 Å². The van der Waals surface area contributed by atoms with Gasteiger partial charge in [0.05, 0.1) is 35.3 Å². The Labute approximate surface area is 172 Å². The fraction of sp³-hybridized carbons (Fsp3) is 0.0417. The number of nitrogens with zero attached hydrogens (tertiary/aromatic N) is 2. The number of benzene rings is 3. The van der Waals surface area contributed by atoms with Gasteiger partial charge in [-0.25, -0.2) is 0 Å². The van der Waals surface area contributed by atoms with Crippen LogP contribution in [0.1, 0.15) is 11.3 Å². The number of hydrogen-bond donors (Lipinski definition) is 0. The Bertz CT molecular complexity index is 1320. The molecule has 30 heavy (non-hydrogen) atoms. The molecule has 146 valence electrons. The number of nitriles is 1. The van der Waals surface area contributed by atoms with Crippen LogP contribution >= 0.6 is 0 Å². The Hall–Kier alpha value is -4.37. The summed E-state index contributed by atoms with van der Waals surface area (Å²) in [7, 11) is 1.45. The highest BCUT2D eigenvalue weighted by atomic mass is 16.6. The van der Waals surface area contributed by atoms with E-state index in [1.54, 1.807) is 24.3 Å². The first-order chi connectivity index (χ1) is 14.6. The van der Waals surface area contributed by atoms with Gasteiger partial charge < -0.3 is 9.15 Å². The van der Waals surface area contributed by atoms with Crippen molar-refractivity contribution in [3.05, 3.63) is 94.2 Å². The molecule has 0 aliphatic rings. The molecule has 0 saturated carbocycles. The number of nitro groups is 1. The molecular weight excluding hydrogens is 380 g/mol. The Kier molecular flexibility index (Phi) is 5.02. The summed E-state index contributed by atoms with van der Waals surface area (Å²) in [6.07, 6.45) is 1.68. The van der Waals surface area contributed by atoms with Gasteiger partial charge >= 0.3 is 0 Å². The first kappa shape index (κ1) is 19.0. The molecular formula is C24H16N2O4. The molecule has 4 aromatic rings. The minimum absolute atomic E-state index is 0.0648. The molecule has 0 unspecified atom stereocenters. The van der Waals surface area contributed by atoms with Crippen LogP contribution in [0, 0.1) is 21.4 Å². The number of allylic oxidation sites excluding steroid dienone is 1. The lowest BCUT2D eigenvalue weighted by atomic mass is 9.98. The van der Waals surface area contributed by atoms with E-state index in [2.05, 4.69) is 6.07 Å². The first-order valence-electron chi connectivity index (χ1n) is 9.13. The average Bonchev–Trinajstić information content (AvgIpc) is 3.25. The summed E-state index contributed by atoms with van der Waals surface area (Å²) in [5.74, 6) is 1.32. The largest absolute Gasteiger partial charge is 0.496 e. The zero-order valence-electron chi connectivity index (χ0n) is 16.0. The van der Waals surface area contributed by atoms with Crippen LogP contribution in [0.5, 0.6) is 5.75 Å². The maximum absolute atomic E-state index is 11.0. The molecule has 6 nitrogen and oxygen atoms in total. The van der Waals surface area contributed by atoms with E-state index in [1.165, 1.54) is 19.2 Å². The second kappa shape index (κ2) is 7.94. The van der Waals surface area contributed by atoms with Crippen molar-refractivity contribution in [2.24, 2.45) is 0 Å². The number of ether oxygens (including phenoxy) is 1. The monoisotopic (exact) mass is 396 g/mol. The van der Waals surface area contributed by atoms with Gasteiger partial charge in [0.1, 0.15) is 17.3 Å². The molecule has 0 spiro atoms. The van der Waals surface area contributed by atoms with E-state index in [4.69, 9.17) is 9.15 Å². The van der Waals surface area contributed by atoms with Crippen LogP contribution in [-0.4, -0.2) is 12.0 Å². The van der Waals surface area contributed by atoms with Crippen LogP contribution < -0.4 is 4.74 Å². The van der Waals surface area contributed by atoms with Gasteiger partial charge in [-0.1, -0.05) is 42.5 Å². The summed E-state index contributed by atoms with van der Waals surface area (Å²) in [5, 5.41) is 22.8. The Balaban J connectivity index is 1.74. The second-order valence-electron chi connectivity index (χ2n) is 6.54. The summed E-state index contributed by atoms with van der Waals surface area (Å²) in [4.78, 5) is 10.5. The highest BCUT2D eigenvalue weighted by Crippen LogP contribution is 2.35. The highest BCUT2D eigenvalue weighted by molar-refractivity contribution is 6.01. The SMILES string of the molecule is COc1cc([N+](=O)[O-])ccc1-c1ccc(/C=C(/C#N)c2cccc3ccccc23)o1. The van der Waals surface area contributed by atoms with Gasteiger partial charge in [-0.15, -0.1) is 0 Å². The molecule has 0 saturated heterocycles. The van der Waals surface area contributed by atoms with E-state index in [0.717, 1.165) is 16.3 Å². The molecule has 0 fully saturated rings. The number of rotatable bonds is 5. The fourth-order valence-electron chi connectivity index (χ4n) is 3.34. The van der Waals surface area contributed by atoms with E-state index >= 15 is 0 Å². The lowest BCUT2D eigenvalue weighted by molar-refractivity contribution is -0.384. The maximum Gasteiger partial charge on any atom is 0.273 e. The van der Waals surface area contributed by atoms with Crippen molar-refractivity contribution < 1.29 is 14.1 Å². The normalized spacial score (nSPS) is 11.3. The molecule has 6 heteroatoms. The van der Waals surface area contributed by atoms with Gasteiger partial charge in [0, 0.05) is 11.6 Å². The Morgan fingerprint density at radius 3 is 2.67 bits per heavy atom. The van der Waals surface area contributed by atoms with Crippen molar-refractivity contribution in [1.29, 1.82) is 5.26 Å². The maximum atomic E-state index is 11.0. The number of nitro benzene ring substituents is 1. The molecule has 4 rings (SSSR count). The summed E-state index contributed by atoms with van der Waals surface area (Å²) >= 11 is 0. The molecule has 0 radical (unpaired) electrons. The van der Waals surface area contributed by atoms with Gasteiger partial charge in [0.15, 0.2) is 0 Å². The van der Waals surface area contributed by atoms with Crippen LogP contribution in [0.3, 0.4) is 0 Å². The van der Waals surface area contributed by atoms with Crippen molar-refractivity contribution in [3.63, 3.8) is 0 Å². The van der Waals surface area contributed by atoms with E-state index in [-0.39, 0.29) is 5.69 Å². The van der Waals surface area contributed by atoms with Gasteiger partial charge in [0.25, 0.3) is 5.69 Å². The smallest absolute Gasteiger partial charge is 0.273 e. The lowest BCUT2D eigenvalue weighted by Gasteiger charge is -2.06. The predicted octanol–water partition coefficient (Wildman–Crippen LogP) is 6.08. The van der Waals surface area contributed by atoms with E-state index < -0.39 is 4.92 Å². The molecule has 3 aromatic carbocycles. The molecule has 1 aromatic heterocycles. The molecule has 0 N–H and O–H groups in total. The average molecular weight is 396 g/mol. The summed E-state index contributed by atoms with van der Waals surface area (Å²) in [6.45, 7) is 0. The Morgan fingerprint density at radius 1 is 1.10 bits per heavy atom. The minimum atomic E-state index is -0.480. The number of fused-ring (bicyclic) bond motifs is 1. The van der Waals surface area contributed by atoms with E-state index in [9.17, 15) is 15.4 Å². The standard InChI is InChI=1S/C24H16N2O4/c1-29-24-14-18(26(27)28)9-11-22(24)23-12-10-19(30-23)13-17(15-25)21-8-4-6-16-5-2-3-7-20(16)21/h2-14H,1H3/b17-13-. The Morgan fingerprint density at radius 2 is 1.90 bits per heavy atom. The third-order valence-electron chi connectivity index (χ3n) is 4.78. The van der Waals surface area contributed by atoms with Gasteiger partial charge in [-0.3, -0.25) is 10.1 Å². The van der Waals surface area contributed by atoms with E-state index in [1.807, 2.05) is 42.5 Å². The number of hydrogen-bond acceptors (Lipinski definition) is 5. The topological polar surface area (TPSA) is 89.3 Å². The van der Waals surface area contributed by atoms with Crippen LogP contribution in [0.2, 0.25) is 0 Å². The predicted molar refractivity (Wildman–Crippen MR) is 115 cm³/mol. The molecule has 0 atom stereocenters. The summed E-state index contributed by atoms with van der Waals surface area (Å²) in [6, 6.07) is 23.8. The molecule has 0 aliphatic carbocycles. The third kappa shape index (κ3) is 3.52. The minimum Gasteiger partial charge on any atom is -0.496 e. The molecule has 0 bridgehead atoms. The van der Waals surface area contributed by atoms with Crippen LogP contribution in [0.4, 0.5) is 5.69 Å². The second-order valence-corrected chi connectivity index (χ2v) is 6.54. The van der Waals surface area contributed by atoms with Crippen LogP contribution in [0.15, 0.2) is 77.2 Å². The highest BCUT2D eigenvalue weighted by Gasteiger charge is 2.15. The lowest BCUT2D eigenvalue weighted by Crippen LogP contribution is -1.92. The van der Waals surface area contributed by atoms with Gasteiger partial charge in [0.2, 0.25) is 0 Å². The molecule has 0 aliphatic heterocycles. The number of methoxy groups -OCH3 is 1. The van der Waals surface area contributed by atoms with Crippen LogP contribution in [-0.2, 0) is 0 Å². The van der Waals surface area contributed by atoms with Crippen molar-refractivity contribution >= 4 is 28.1 Å². The van der Waals surface area contributed by atoms with Crippen molar-refractivity contribution in [1.82, 2.24) is 0 Å². The summed E-state index contributed by atoms with van der Waals surface area (Å²) < 4.78 is 11.2. The molecule has 1 heterocycles. The number of furan rings is 1. The van der Waals surface area contributed by atoms with Crippen LogP contribution in [0.25, 0.3) is 33.7 Å². The third-order valence-corrected chi connectivity index (χ3v) is 4.78. The van der Waals surface area contributed by atoms with Gasteiger partial charge in [-0.05, 0) is 35.0 Å². The van der Waals surface area contributed by atoms with Crippen molar-refractivity contribution in [2.75, 3.05) is 7.11 Å². The number of non-ortho nitro benzene ring substituents is 1. The summed E-state index contributed by atoms with van der Waals surface area (Å²) in [5.41, 5.74) is 1.82. The first-order valence-corrected chi connectivity index (χ1v) is 9.13. The van der Waals surface area contributed by atoms with E-state index in [0.29, 0.717) is 28.4 Å². The van der Waals surface area contributed by atoms with Crippen molar-refractivity contribution in [2.45, 2.75) is 0 Å². The molecule has 0 amide bonds. The quantitative estimate of drug-likeness (QED) is 0.232. The van der Waals surface area contributed by atoms with Crippen molar-refractivity contribution in [3.8, 4) is 23.1 Å².